The fraction of sp³-hybridized carbons (Fsp3) is 0.636. The largest absolute Gasteiger partial charge is 0.384 e. The summed E-state index contributed by atoms with van der Waals surface area (Å²) in [5, 5.41) is 0.553. The highest BCUT2D eigenvalue weighted by Gasteiger charge is 2.22. The molecule has 2 rings (SSSR count). The van der Waals surface area contributed by atoms with E-state index in [1.165, 1.54) is 6.42 Å². The Labute approximate surface area is 106 Å². The van der Waals surface area contributed by atoms with E-state index in [0.717, 1.165) is 31.9 Å². The van der Waals surface area contributed by atoms with E-state index in [-0.39, 0.29) is 5.95 Å². The highest BCUT2D eigenvalue weighted by Crippen LogP contribution is 2.27. The van der Waals surface area contributed by atoms with Gasteiger partial charge in [0.1, 0.15) is 5.02 Å². The van der Waals surface area contributed by atoms with Crippen LogP contribution in [0.2, 0.25) is 5.02 Å². The van der Waals surface area contributed by atoms with Crippen molar-refractivity contribution in [3.05, 3.63) is 11.2 Å². The SMILES string of the molecule is COCC1CCCN(c2nc(N)ncc2Cl)C1. The van der Waals surface area contributed by atoms with Gasteiger partial charge in [0.05, 0.1) is 12.8 Å². The second kappa shape index (κ2) is 5.51. The summed E-state index contributed by atoms with van der Waals surface area (Å²) >= 11 is 6.10. The molecule has 1 saturated heterocycles. The van der Waals surface area contributed by atoms with Gasteiger partial charge in [0.25, 0.3) is 0 Å². The monoisotopic (exact) mass is 256 g/mol. The molecule has 1 aliphatic heterocycles. The smallest absolute Gasteiger partial charge is 0.222 e. The molecule has 5 nitrogen and oxygen atoms in total. The van der Waals surface area contributed by atoms with Crippen LogP contribution in [0.1, 0.15) is 12.8 Å². The van der Waals surface area contributed by atoms with Crippen molar-refractivity contribution in [2.45, 2.75) is 12.8 Å². The lowest BCUT2D eigenvalue weighted by Crippen LogP contribution is -2.37. The number of nitrogen functional groups attached to an aromatic ring is 1. The van der Waals surface area contributed by atoms with Crippen molar-refractivity contribution in [3.63, 3.8) is 0 Å². The van der Waals surface area contributed by atoms with E-state index in [0.29, 0.717) is 10.9 Å². The van der Waals surface area contributed by atoms with Crippen LogP contribution in [0.5, 0.6) is 0 Å². The average Bonchev–Trinajstić information content (AvgIpc) is 2.33. The van der Waals surface area contributed by atoms with Gasteiger partial charge in [-0.15, -0.1) is 0 Å². The molecular weight excluding hydrogens is 240 g/mol. The van der Waals surface area contributed by atoms with Gasteiger partial charge in [-0.25, -0.2) is 4.98 Å². The summed E-state index contributed by atoms with van der Waals surface area (Å²) in [5.74, 6) is 1.53. The maximum Gasteiger partial charge on any atom is 0.222 e. The van der Waals surface area contributed by atoms with Gasteiger partial charge in [0.15, 0.2) is 5.82 Å². The summed E-state index contributed by atoms with van der Waals surface area (Å²) in [6.45, 7) is 2.63. The Bertz CT molecular complexity index is 386. The van der Waals surface area contributed by atoms with Gasteiger partial charge in [-0.05, 0) is 18.8 Å². The van der Waals surface area contributed by atoms with Crippen LogP contribution in [0.4, 0.5) is 11.8 Å². The molecule has 0 aliphatic carbocycles. The normalized spacial score (nSPS) is 20.6. The number of aromatic nitrogens is 2. The molecule has 1 fully saturated rings. The van der Waals surface area contributed by atoms with E-state index in [9.17, 15) is 0 Å². The number of hydrogen-bond acceptors (Lipinski definition) is 5. The zero-order chi connectivity index (χ0) is 12.3. The molecule has 17 heavy (non-hydrogen) atoms. The molecule has 1 atom stereocenters. The Morgan fingerprint density at radius 3 is 3.24 bits per heavy atom. The summed E-state index contributed by atoms with van der Waals surface area (Å²) in [6, 6.07) is 0. The van der Waals surface area contributed by atoms with E-state index >= 15 is 0 Å². The number of halogens is 1. The third-order valence-electron chi connectivity index (χ3n) is 2.97. The molecule has 0 radical (unpaired) electrons. The second-order valence-corrected chi connectivity index (χ2v) is 4.72. The van der Waals surface area contributed by atoms with E-state index in [1.54, 1.807) is 13.3 Å². The van der Waals surface area contributed by atoms with Crippen molar-refractivity contribution in [2.24, 2.45) is 5.92 Å². The van der Waals surface area contributed by atoms with Crippen LogP contribution in [0.3, 0.4) is 0 Å². The second-order valence-electron chi connectivity index (χ2n) is 4.31. The number of rotatable bonds is 3. The number of hydrogen-bond donors (Lipinski definition) is 1. The minimum Gasteiger partial charge on any atom is -0.384 e. The van der Waals surface area contributed by atoms with Crippen molar-refractivity contribution in [2.75, 3.05) is 37.4 Å². The van der Waals surface area contributed by atoms with E-state index in [2.05, 4.69) is 14.9 Å². The van der Waals surface area contributed by atoms with Crippen LogP contribution in [0.15, 0.2) is 6.20 Å². The summed E-state index contributed by atoms with van der Waals surface area (Å²) in [6.07, 6.45) is 3.86. The summed E-state index contributed by atoms with van der Waals surface area (Å²) < 4.78 is 5.20. The lowest BCUT2D eigenvalue weighted by Gasteiger charge is -2.33. The van der Waals surface area contributed by atoms with Crippen LogP contribution in [-0.4, -0.2) is 36.8 Å². The van der Waals surface area contributed by atoms with Crippen molar-refractivity contribution < 1.29 is 4.74 Å². The topological polar surface area (TPSA) is 64.3 Å². The molecule has 2 heterocycles. The molecule has 0 aromatic carbocycles. The molecule has 1 unspecified atom stereocenters. The van der Waals surface area contributed by atoms with Crippen LogP contribution in [0, 0.1) is 5.92 Å². The number of nitrogens with zero attached hydrogens (tertiary/aromatic N) is 3. The predicted molar refractivity (Wildman–Crippen MR) is 68.3 cm³/mol. The van der Waals surface area contributed by atoms with Crippen LogP contribution in [0.25, 0.3) is 0 Å². The average molecular weight is 257 g/mol. The number of piperidine rings is 1. The van der Waals surface area contributed by atoms with Gasteiger partial charge in [0.2, 0.25) is 5.95 Å². The number of nitrogens with two attached hydrogens (primary N) is 1. The Hall–Kier alpha value is -1.07. The van der Waals surface area contributed by atoms with Crippen molar-refractivity contribution in [3.8, 4) is 0 Å². The van der Waals surface area contributed by atoms with Gasteiger partial charge in [0, 0.05) is 20.2 Å². The fourth-order valence-corrected chi connectivity index (χ4v) is 2.43. The van der Waals surface area contributed by atoms with Gasteiger partial charge < -0.3 is 15.4 Å². The molecule has 1 aliphatic rings. The van der Waals surface area contributed by atoms with Gasteiger partial charge >= 0.3 is 0 Å². The molecular formula is C11H17ClN4O. The predicted octanol–water partition coefficient (Wildman–Crippen LogP) is 1.57. The fourth-order valence-electron chi connectivity index (χ4n) is 2.22. The zero-order valence-corrected chi connectivity index (χ0v) is 10.7. The van der Waals surface area contributed by atoms with Crippen molar-refractivity contribution in [1.82, 2.24) is 9.97 Å². The number of anilines is 2. The van der Waals surface area contributed by atoms with Crippen molar-refractivity contribution >= 4 is 23.4 Å². The van der Waals surface area contributed by atoms with Crippen LogP contribution in [-0.2, 0) is 4.74 Å². The molecule has 2 N–H and O–H groups in total. The third kappa shape index (κ3) is 2.98. The molecule has 0 bridgehead atoms. The standard InChI is InChI=1S/C11H17ClN4O/c1-17-7-8-3-2-4-16(6-8)10-9(12)5-14-11(13)15-10/h5,8H,2-4,6-7H2,1H3,(H2,13,14,15). The molecule has 6 heteroatoms. The molecule has 1 aromatic heterocycles. The Morgan fingerprint density at radius 1 is 1.65 bits per heavy atom. The molecule has 0 spiro atoms. The van der Waals surface area contributed by atoms with Crippen LogP contribution < -0.4 is 10.6 Å². The van der Waals surface area contributed by atoms with Gasteiger partial charge in [-0.1, -0.05) is 11.6 Å². The molecule has 0 amide bonds. The highest BCUT2D eigenvalue weighted by atomic mass is 35.5. The number of methoxy groups -OCH3 is 1. The highest BCUT2D eigenvalue weighted by molar-refractivity contribution is 6.32. The summed E-state index contributed by atoms with van der Waals surface area (Å²) in [4.78, 5) is 10.2. The first kappa shape index (κ1) is 12.4. The van der Waals surface area contributed by atoms with E-state index < -0.39 is 0 Å². The summed E-state index contributed by atoms with van der Waals surface area (Å²) in [7, 11) is 1.73. The maximum absolute atomic E-state index is 6.10. The Balaban J connectivity index is 2.13. The minimum atomic E-state index is 0.262. The quantitative estimate of drug-likeness (QED) is 0.890. The van der Waals surface area contributed by atoms with E-state index in [1.807, 2.05) is 0 Å². The van der Waals surface area contributed by atoms with E-state index in [4.69, 9.17) is 22.1 Å². The first-order valence-corrected chi connectivity index (χ1v) is 6.10. The Kier molecular flexibility index (Phi) is 4.02. The lowest BCUT2D eigenvalue weighted by atomic mass is 9.99. The lowest BCUT2D eigenvalue weighted by molar-refractivity contribution is 0.143. The zero-order valence-electron chi connectivity index (χ0n) is 9.90. The minimum absolute atomic E-state index is 0.262. The van der Waals surface area contributed by atoms with Crippen LogP contribution >= 0.6 is 11.6 Å². The first-order chi connectivity index (χ1) is 8.20. The molecule has 1 aromatic rings. The molecule has 94 valence electrons. The maximum atomic E-state index is 6.10. The van der Waals surface area contributed by atoms with Gasteiger partial charge in [-0.2, -0.15) is 4.98 Å². The number of ether oxygens (including phenoxy) is 1. The molecule has 0 saturated carbocycles. The Morgan fingerprint density at radius 2 is 2.47 bits per heavy atom. The third-order valence-corrected chi connectivity index (χ3v) is 3.23. The first-order valence-electron chi connectivity index (χ1n) is 5.72. The van der Waals surface area contributed by atoms with Gasteiger partial charge in [-0.3, -0.25) is 0 Å². The van der Waals surface area contributed by atoms with Crippen molar-refractivity contribution in [1.29, 1.82) is 0 Å². The summed E-state index contributed by atoms with van der Waals surface area (Å²) in [5.41, 5.74) is 5.60.